The maximum atomic E-state index is 13.2. The second-order valence-electron chi connectivity index (χ2n) is 8.69. The van der Waals surface area contributed by atoms with Gasteiger partial charge in [0, 0.05) is 24.4 Å². The zero-order valence-corrected chi connectivity index (χ0v) is 19.3. The Morgan fingerprint density at radius 3 is 2.66 bits per heavy atom. The highest BCUT2D eigenvalue weighted by Crippen LogP contribution is 2.30. The van der Waals surface area contributed by atoms with E-state index in [-0.39, 0.29) is 11.9 Å². The molecule has 4 rings (SSSR count). The summed E-state index contributed by atoms with van der Waals surface area (Å²) in [5.74, 6) is 1.23. The lowest BCUT2D eigenvalue weighted by atomic mass is 9.88. The van der Waals surface area contributed by atoms with E-state index in [0.717, 1.165) is 59.5 Å². The predicted octanol–water partition coefficient (Wildman–Crippen LogP) is 4.36. The third-order valence-corrected chi connectivity index (χ3v) is 6.37. The van der Waals surface area contributed by atoms with Crippen LogP contribution in [0, 0.1) is 6.92 Å². The maximum Gasteiger partial charge on any atom is 0.252 e. The average molecular weight is 433 g/mol. The summed E-state index contributed by atoms with van der Waals surface area (Å²) < 4.78 is 7.30. The molecule has 0 aliphatic carbocycles. The monoisotopic (exact) mass is 432 g/mol. The number of methoxy groups -OCH3 is 1. The van der Waals surface area contributed by atoms with Crippen molar-refractivity contribution in [3.05, 3.63) is 71.0 Å². The van der Waals surface area contributed by atoms with Crippen LogP contribution in [-0.2, 0) is 7.05 Å². The average Bonchev–Trinajstić information content (AvgIpc) is 3.25. The van der Waals surface area contributed by atoms with Crippen molar-refractivity contribution in [3.8, 4) is 16.9 Å². The highest BCUT2D eigenvalue weighted by atomic mass is 16.5. The second kappa shape index (κ2) is 9.57. The number of carbonyl (C=O) groups excluding carboxylic acids is 1. The molecule has 2 N–H and O–H groups in total. The number of hydrogen-bond donors (Lipinski definition) is 2. The molecule has 1 aromatic heterocycles. The minimum absolute atomic E-state index is 0.0449. The van der Waals surface area contributed by atoms with E-state index < -0.39 is 0 Å². The summed E-state index contributed by atoms with van der Waals surface area (Å²) in [6.45, 7) is 6.07. The van der Waals surface area contributed by atoms with Crippen molar-refractivity contribution < 1.29 is 9.53 Å². The number of hydrogen-bond acceptors (Lipinski definition) is 4. The fourth-order valence-electron chi connectivity index (χ4n) is 4.38. The highest BCUT2D eigenvalue weighted by Gasteiger charge is 2.20. The number of amides is 1. The van der Waals surface area contributed by atoms with E-state index in [2.05, 4.69) is 40.0 Å². The quantitative estimate of drug-likeness (QED) is 0.607. The smallest absolute Gasteiger partial charge is 0.252 e. The van der Waals surface area contributed by atoms with Crippen molar-refractivity contribution in [3.63, 3.8) is 0 Å². The molecular weight excluding hydrogens is 400 g/mol. The van der Waals surface area contributed by atoms with Gasteiger partial charge in [0.15, 0.2) is 0 Å². The van der Waals surface area contributed by atoms with E-state index in [0.29, 0.717) is 5.92 Å². The topological polar surface area (TPSA) is 68.2 Å². The summed E-state index contributed by atoms with van der Waals surface area (Å²) in [7, 11) is 3.55. The Bertz CT molecular complexity index is 1100. The molecule has 0 radical (unpaired) electrons. The van der Waals surface area contributed by atoms with Gasteiger partial charge < -0.3 is 15.4 Å². The Hall–Kier alpha value is -3.12. The van der Waals surface area contributed by atoms with Crippen LogP contribution in [-0.4, -0.2) is 35.9 Å². The number of benzene rings is 2. The molecule has 0 bridgehead atoms. The predicted molar refractivity (Wildman–Crippen MR) is 127 cm³/mol. The summed E-state index contributed by atoms with van der Waals surface area (Å²) in [6, 6.07) is 12.2. The van der Waals surface area contributed by atoms with Gasteiger partial charge in [-0.2, -0.15) is 5.10 Å². The molecule has 2 aromatic carbocycles. The number of carbonyl (C=O) groups is 1. The van der Waals surface area contributed by atoms with Gasteiger partial charge in [-0.15, -0.1) is 0 Å². The molecular formula is C26H32N4O2. The van der Waals surface area contributed by atoms with Crippen LogP contribution in [0.2, 0.25) is 0 Å². The number of rotatable bonds is 6. The number of aromatic nitrogens is 2. The van der Waals surface area contributed by atoms with Crippen LogP contribution in [0.3, 0.4) is 0 Å². The van der Waals surface area contributed by atoms with Crippen LogP contribution in [0.5, 0.6) is 5.75 Å². The van der Waals surface area contributed by atoms with Gasteiger partial charge in [-0.1, -0.05) is 12.1 Å². The molecule has 6 heteroatoms. The lowest BCUT2D eigenvalue weighted by Crippen LogP contribution is -2.28. The van der Waals surface area contributed by atoms with Crippen LogP contribution in [0.25, 0.3) is 11.1 Å². The van der Waals surface area contributed by atoms with Crippen molar-refractivity contribution >= 4 is 5.91 Å². The molecule has 32 heavy (non-hydrogen) atoms. The molecule has 2 heterocycles. The van der Waals surface area contributed by atoms with E-state index in [4.69, 9.17) is 4.74 Å². The lowest BCUT2D eigenvalue weighted by Gasteiger charge is -2.24. The first-order valence-corrected chi connectivity index (χ1v) is 11.2. The van der Waals surface area contributed by atoms with Crippen molar-refractivity contribution in [1.29, 1.82) is 0 Å². The highest BCUT2D eigenvalue weighted by molar-refractivity contribution is 5.96. The summed E-state index contributed by atoms with van der Waals surface area (Å²) in [4.78, 5) is 13.2. The van der Waals surface area contributed by atoms with Gasteiger partial charge in [0.2, 0.25) is 0 Å². The molecule has 1 fully saturated rings. The Balaban J connectivity index is 1.56. The fourth-order valence-corrected chi connectivity index (χ4v) is 4.38. The number of aryl methyl sites for hydroxylation is 2. The van der Waals surface area contributed by atoms with Crippen LogP contribution in [0.4, 0.5) is 0 Å². The first kappa shape index (κ1) is 22.1. The number of nitrogens with zero attached hydrogens (tertiary/aromatic N) is 2. The van der Waals surface area contributed by atoms with Crippen molar-refractivity contribution in [2.75, 3.05) is 20.2 Å². The molecule has 0 spiro atoms. The van der Waals surface area contributed by atoms with Gasteiger partial charge in [-0.05, 0) is 92.2 Å². The van der Waals surface area contributed by atoms with Gasteiger partial charge in [0.05, 0.1) is 19.3 Å². The number of nitrogens with one attached hydrogen (secondary N) is 2. The molecule has 1 atom stereocenters. The standard InChI is InChI=1S/C26H32N4O2/c1-17-5-6-20(19-7-9-27-10-8-19)14-25(17)26(31)29-18(2)21-11-22(13-24(12-21)32-4)23-15-28-30(3)16-23/h5-6,11-16,18-19,27H,7-10H2,1-4H3,(H,29,31). The minimum Gasteiger partial charge on any atom is -0.497 e. The van der Waals surface area contributed by atoms with E-state index in [9.17, 15) is 4.79 Å². The Kier molecular flexibility index (Phi) is 6.61. The second-order valence-corrected chi connectivity index (χ2v) is 8.69. The lowest BCUT2D eigenvalue weighted by molar-refractivity contribution is 0.0939. The van der Waals surface area contributed by atoms with Crippen molar-refractivity contribution in [2.45, 2.75) is 38.6 Å². The first-order chi connectivity index (χ1) is 15.4. The first-order valence-electron chi connectivity index (χ1n) is 11.2. The molecule has 1 amide bonds. The zero-order chi connectivity index (χ0) is 22.7. The van der Waals surface area contributed by atoms with Crippen molar-refractivity contribution in [1.82, 2.24) is 20.4 Å². The molecule has 0 saturated carbocycles. The zero-order valence-electron chi connectivity index (χ0n) is 19.3. The normalized spacial score (nSPS) is 15.4. The van der Waals surface area contributed by atoms with E-state index >= 15 is 0 Å². The maximum absolute atomic E-state index is 13.2. The fraction of sp³-hybridized carbons (Fsp3) is 0.385. The van der Waals surface area contributed by atoms with Gasteiger partial charge >= 0.3 is 0 Å². The molecule has 3 aromatic rings. The Morgan fingerprint density at radius 2 is 1.97 bits per heavy atom. The number of piperidine rings is 1. The largest absolute Gasteiger partial charge is 0.497 e. The summed E-state index contributed by atoms with van der Waals surface area (Å²) >= 11 is 0. The molecule has 1 aliphatic rings. The molecule has 1 unspecified atom stereocenters. The van der Waals surface area contributed by atoms with E-state index in [1.54, 1.807) is 11.8 Å². The summed E-state index contributed by atoms with van der Waals surface area (Å²) in [5.41, 5.74) is 6.02. The van der Waals surface area contributed by atoms with Crippen molar-refractivity contribution in [2.24, 2.45) is 7.05 Å². The Labute approximate surface area is 190 Å². The molecule has 1 saturated heterocycles. The van der Waals surface area contributed by atoms with Crippen LogP contribution < -0.4 is 15.4 Å². The van der Waals surface area contributed by atoms with Gasteiger partial charge in [0.1, 0.15) is 5.75 Å². The molecule has 1 aliphatic heterocycles. The third-order valence-electron chi connectivity index (χ3n) is 6.37. The summed E-state index contributed by atoms with van der Waals surface area (Å²) in [6.07, 6.45) is 6.03. The summed E-state index contributed by atoms with van der Waals surface area (Å²) in [5, 5.41) is 10.9. The third kappa shape index (κ3) is 4.86. The Morgan fingerprint density at radius 1 is 1.19 bits per heavy atom. The van der Waals surface area contributed by atoms with Gasteiger partial charge in [-0.25, -0.2) is 0 Å². The van der Waals surface area contributed by atoms with E-state index in [1.165, 1.54) is 5.56 Å². The minimum atomic E-state index is -0.171. The van der Waals surface area contributed by atoms with Crippen LogP contribution >= 0.6 is 0 Å². The van der Waals surface area contributed by atoms with Crippen LogP contribution in [0.1, 0.15) is 58.8 Å². The van der Waals surface area contributed by atoms with E-state index in [1.807, 2.05) is 45.4 Å². The SMILES string of the molecule is COc1cc(-c2cnn(C)c2)cc(C(C)NC(=O)c2cc(C3CCNCC3)ccc2C)c1. The van der Waals surface area contributed by atoms with Gasteiger partial charge in [-0.3, -0.25) is 9.48 Å². The van der Waals surface area contributed by atoms with Gasteiger partial charge in [0.25, 0.3) is 5.91 Å². The van der Waals surface area contributed by atoms with Crippen LogP contribution in [0.15, 0.2) is 48.8 Å². The molecule has 168 valence electrons. The number of ether oxygens (including phenoxy) is 1. The molecule has 6 nitrogen and oxygen atoms in total.